The van der Waals surface area contributed by atoms with Gasteiger partial charge >= 0.3 is 5.97 Å². The first-order valence-corrected chi connectivity index (χ1v) is 4.81. The van der Waals surface area contributed by atoms with E-state index in [0.717, 1.165) is 12.3 Å². The molecular formula is C9H18N2O2. The monoisotopic (exact) mass is 186 g/mol. The predicted octanol–water partition coefficient (Wildman–Crippen LogP) is 0.177. The van der Waals surface area contributed by atoms with Crippen LogP contribution in [0.5, 0.6) is 0 Å². The molecule has 4 heteroatoms. The molecule has 0 radical (unpaired) electrons. The number of rotatable bonds is 6. The van der Waals surface area contributed by atoms with E-state index in [1.807, 2.05) is 0 Å². The lowest BCUT2D eigenvalue weighted by Crippen LogP contribution is -2.43. The topological polar surface area (TPSA) is 75.3 Å². The average Bonchev–Trinajstić information content (AvgIpc) is 2.83. The number of carboxylic acid groups (broad SMARTS) is 1. The normalized spacial score (nSPS) is 21.1. The number of nitrogens with two attached hydrogens (primary N) is 1. The fourth-order valence-corrected chi connectivity index (χ4v) is 1.35. The molecular weight excluding hydrogens is 168 g/mol. The Morgan fingerprint density at radius 1 is 1.69 bits per heavy atom. The van der Waals surface area contributed by atoms with Crippen LogP contribution >= 0.6 is 0 Å². The number of hydrogen-bond donors (Lipinski definition) is 3. The highest BCUT2D eigenvalue weighted by atomic mass is 16.4. The van der Waals surface area contributed by atoms with E-state index in [1.54, 1.807) is 0 Å². The maximum absolute atomic E-state index is 10.4. The molecule has 0 spiro atoms. The van der Waals surface area contributed by atoms with Gasteiger partial charge in [0.05, 0.1) is 0 Å². The zero-order valence-electron chi connectivity index (χ0n) is 7.99. The molecule has 0 aromatic heterocycles. The minimum atomic E-state index is -0.939. The van der Waals surface area contributed by atoms with Crippen LogP contribution in [-0.4, -0.2) is 29.7 Å². The Balaban J connectivity index is 2.05. The SMILES string of the molecule is CC(CC1CC1)NCC(N)C(=O)O. The van der Waals surface area contributed by atoms with Gasteiger partial charge in [-0.3, -0.25) is 4.79 Å². The zero-order chi connectivity index (χ0) is 9.84. The molecule has 4 N–H and O–H groups in total. The Kier molecular flexibility index (Phi) is 3.69. The Morgan fingerprint density at radius 2 is 2.31 bits per heavy atom. The van der Waals surface area contributed by atoms with Crippen molar-refractivity contribution in [1.29, 1.82) is 0 Å². The van der Waals surface area contributed by atoms with Crippen molar-refractivity contribution >= 4 is 5.97 Å². The standard InChI is InChI=1S/C9H18N2O2/c1-6(4-7-2-3-7)11-5-8(10)9(12)13/h6-8,11H,2-5,10H2,1H3,(H,12,13). The van der Waals surface area contributed by atoms with E-state index in [1.165, 1.54) is 12.8 Å². The van der Waals surface area contributed by atoms with E-state index in [2.05, 4.69) is 12.2 Å². The Labute approximate surface area is 78.5 Å². The smallest absolute Gasteiger partial charge is 0.321 e. The third kappa shape index (κ3) is 4.24. The van der Waals surface area contributed by atoms with Crippen molar-refractivity contribution in [2.75, 3.05) is 6.54 Å². The van der Waals surface area contributed by atoms with Gasteiger partial charge in [-0.1, -0.05) is 12.8 Å². The van der Waals surface area contributed by atoms with Gasteiger partial charge in [-0.05, 0) is 19.3 Å². The molecule has 0 aromatic rings. The van der Waals surface area contributed by atoms with Gasteiger partial charge in [0.2, 0.25) is 0 Å². The summed E-state index contributed by atoms with van der Waals surface area (Å²) in [7, 11) is 0. The van der Waals surface area contributed by atoms with Crippen LogP contribution in [-0.2, 0) is 4.79 Å². The van der Waals surface area contributed by atoms with Gasteiger partial charge in [-0.25, -0.2) is 0 Å². The third-order valence-electron chi connectivity index (χ3n) is 2.39. The van der Waals surface area contributed by atoms with Crippen molar-refractivity contribution in [3.05, 3.63) is 0 Å². The molecule has 1 rings (SSSR count). The molecule has 1 aliphatic rings. The quantitative estimate of drug-likeness (QED) is 0.553. The molecule has 76 valence electrons. The summed E-state index contributed by atoms with van der Waals surface area (Å²) in [6, 6.07) is -0.389. The molecule has 0 saturated heterocycles. The van der Waals surface area contributed by atoms with Crippen LogP contribution in [0.2, 0.25) is 0 Å². The third-order valence-corrected chi connectivity index (χ3v) is 2.39. The van der Waals surface area contributed by atoms with E-state index in [4.69, 9.17) is 10.8 Å². The van der Waals surface area contributed by atoms with Crippen molar-refractivity contribution in [3.63, 3.8) is 0 Å². The van der Waals surface area contributed by atoms with Crippen LogP contribution in [0.4, 0.5) is 0 Å². The lowest BCUT2D eigenvalue weighted by Gasteiger charge is -2.14. The Morgan fingerprint density at radius 3 is 2.77 bits per heavy atom. The molecule has 13 heavy (non-hydrogen) atoms. The second kappa shape index (κ2) is 4.58. The molecule has 0 heterocycles. The van der Waals surface area contributed by atoms with Crippen LogP contribution in [0.3, 0.4) is 0 Å². The fraction of sp³-hybridized carbons (Fsp3) is 0.889. The molecule has 0 aromatic carbocycles. The van der Waals surface area contributed by atoms with Crippen molar-refractivity contribution in [2.24, 2.45) is 11.7 Å². The summed E-state index contributed by atoms with van der Waals surface area (Å²) in [6.45, 7) is 2.44. The number of nitrogens with one attached hydrogen (secondary N) is 1. The molecule has 0 aliphatic heterocycles. The van der Waals surface area contributed by atoms with Crippen molar-refractivity contribution in [3.8, 4) is 0 Å². The number of carbonyl (C=O) groups is 1. The van der Waals surface area contributed by atoms with Crippen molar-refractivity contribution in [2.45, 2.75) is 38.3 Å². The maximum atomic E-state index is 10.4. The predicted molar refractivity (Wildman–Crippen MR) is 50.4 cm³/mol. The lowest BCUT2D eigenvalue weighted by atomic mass is 10.1. The van der Waals surface area contributed by atoms with Gasteiger partial charge < -0.3 is 16.2 Å². The molecule has 1 aliphatic carbocycles. The van der Waals surface area contributed by atoms with Gasteiger partial charge in [0.25, 0.3) is 0 Å². The number of aliphatic carboxylic acids is 1. The highest BCUT2D eigenvalue weighted by Gasteiger charge is 2.23. The maximum Gasteiger partial charge on any atom is 0.321 e. The molecule has 4 nitrogen and oxygen atoms in total. The van der Waals surface area contributed by atoms with Gasteiger partial charge in [0, 0.05) is 12.6 Å². The molecule has 0 amide bonds. The van der Waals surface area contributed by atoms with E-state index < -0.39 is 12.0 Å². The Bertz CT molecular complexity index is 180. The van der Waals surface area contributed by atoms with E-state index in [0.29, 0.717) is 12.6 Å². The second-order valence-corrected chi connectivity index (χ2v) is 3.93. The first-order chi connectivity index (χ1) is 6.09. The molecule has 1 saturated carbocycles. The van der Waals surface area contributed by atoms with E-state index in [-0.39, 0.29) is 0 Å². The van der Waals surface area contributed by atoms with Gasteiger partial charge in [-0.15, -0.1) is 0 Å². The minimum Gasteiger partial charge on any atom is -0.480 e. The van der Waals surface area contributed by atoms with Crippen LogP contribution in [0.1, 0.15) is 26.2 Å². The van der Waals surface area contributed by atoms with E-state index >= 15 is 0 Å². The fourth-order valence-electron chi connectivity index (χ4n) is 1.35. The average molecular weight is 186 g/mol. The summed E-state index contributed by atoms with van der Waals surface area (Å²) in [6.07, 6.45) is 3.81. The summed E-state index contributed by atoms with van der Waals surface area (Å²) in [5.41, 5.74) is 5.35. The van der Waals surface area contributed by atoms with Gasteiger partial charge in [-0.2, -0.15) is 0 Å². The van der Waals surface area contributed by atoms with Crippen LogP contribution in [0.15, 0.2) is 0 Å². The summed E-state index contributed by atoms with van der Waals surface area (Å²) in [5, 5.41) is 11.7. The zero-order valence-corrected chi connectivity index (χ0v) is 7.99. The first-order valence-electron chi connectivity index (χ1n) is 4.81. The highest BCUT2D eigenvalue weighted by Crippen LogP contribution is 2.33. The van der Waals surface area contributed by atoms with Gasteiger partial charge in [0.1, 0.15) is 6.04 Å². The largest absolute Gasteiger partial charge is 0.480 e. The molecule has 2 atom stereocenters. The lowest BCUT2D eigenvalue weighted by molar-refractivity contribution is -0.138. The van der Waals surface area contributed by atoms with Crippen molar-refractivity contribution < 1.29 is 9.90 Å². The van der Waals surface area contributed by atoms with E-state index in [9.17, 15) is 4.79 Å². The molecule has 1 fully saturated rings. The summed E-state index contributed by atoms with van der Waals surface area (Å²) >= 11 is 0. The number of carboxylic acids is 1. The van der Waals surface area contributed by atoms with Crippen molar-refractivity contribution in [1.82, 2.24) is 5.32 Å². The minimum absolute atomic E-state index is 0.364. The summed E-state index contributed by atoms with van der Waals surface area (Å²) < 4.78 is 0. The van der Waals surface area contributed by atoms with Gasteiger partial charge in [0.15, 0.2) is 0 Å². The molecule has 0 bridgehead atoms. The van der Waals surface area contributed by atoms with Crippen LogP contribution in [0, 0.1) is 5.92 Å². The number of hydrogen-bond acceptors (Lipinski definition) is 3. The highest BCUT2D eigenvalue weighted by molar-refractivity contribution is 5.73. The summed E-state index contributed by atoms with van der Waals surface area (Å²) in [4.78, 5) is 10.4. The van der Waals surface area contributed by atoms with Crippen LogP contribution in [0.25, 0.3) is 0 Å². The molecule has 2 unspecified atom stereocenters. The van der Waals surface area contributed by atoms with Crippen LogP contribution < -0.4 is 11.1 Å². The summed E-state index contributed by atoms with van der Waals surface area (Å²) in [5.74, 6) is -0.0744. The first kappa shape index (κ1) is 10.5. The Hall–Kier alpha value is -0.610. The second-order valence-electron chi connectivity index (χ2n) is 3.93.